The molecule has 0 aromatic carbocycles. The van der Waals surface area contributed by atoms with Crippen molar-refractivity contribution in [1.29, 1.82) is 0 Å². The minimum atomic E-state index is 0.738. The van der Waals surface area contributed by atoms with E-state index in [0.29, 0.717) is 0 Å². The van der Waals surface area contributed by atoms with Crippen LogP contribution in [-0.4, -0.2) is 53.1 Å². The Morgan fingerprint density at radius 3 is 2.57 bits per heavy atom. The quantitative estimate of drug-likeness (QED) is 0.843. The molecule has 0 N–H and O–H groups in total. The molecule has 5 nitrogen and oxygen atoms in total. The Morgan fingerprint density at radius 1 is 1.14 bits per heavy atom. The second-order valence-corrected chi connectivity index (χ2v) is 5.92. The lowest BCUT2D eigenvalue weighted by Gasteiger charge is -2.34. The average Bonchev–Trinajstić information content (AvgIpc) is 3.03. The van der Waals surface area contributed by atoms with Gasteiger partial charge in [-0.2, -0.15) is 0 Å². The Morgan fingerprint density at radius 2 is 1.90 bits per heavy atom. The first-order valence-electron chi connectivity index (χ1n) is 7.15. The van der Waals surface area contributed by atoms with E-state index in [9.17, 15) is 0 Å². The Hall–Kier alpha value is -1.50. The molecular formula is C15H20N4OS. The minimum Gasteiger partial charge on any atom is -0.481 e. The first-order valence-corrected chi connectivity index (χ1v) is 8.09. The van der Waals surface area contributed by atoms with E-state index in [1.165, 1.54) is 5.69 Å². The number of ether oxygens (including phenoxy) is 1. The highest BCUT2D eigenvalue weighted by Gasteiger charge is 2.18. The summed E-state index contributed by atoms with van der Waals surface area (Å²) >= 11 is 1.67. The van der Waals surface area contributed by atoms with Crippen LogP contribution in [0.2, 0.25) is 0 Å². The normalized spacial score (nSPS) is 17.0. The lowest BCUT2D eigenvalue weighted by atomic mass is 10.2. The Balaban J connectivity index is 1.51. The van der Waals surface area contributed by atoms with Crippen LogP contribution in [0.3, 0.4) is 0 Å². The largest absolute Gasteiger partial charge is 0.481 e. The summed E-state index contributed by atoms with van der Waals surface area (Å²) in [6, 6.07) is 4.06. The molecule has 3 rings (SSSR count). The zero-order valence-electron chi connectivity index (χ0n) is 12.2. The van der Waals surface area contributed by atoms with Crippen LogP contribution in [0.4, 0.5) is 0 Å². The van der Waals surface area contributed by atoms with E-state index in [4.69, 9.17) is 4.74 Å². The third-order valence-corrected chi connectivity index (χ3v) is 4.41. The molecular weight excluding hydrogens is 284 g/mol. The highest BCUT2D eigenvalue weighted by molar-refractivity contribution is 7.07. The highest BCUT2D eigenvalue weighted by Crippen LogP contribution is 2.17. The smallest absolute Gasteiger partial charge is 0.217 e. The van der Waals surface area contributed by atoms with E-state index in [2.05, 4.69) is 31.2 Å². The number of nitrogens with zero attached hydrogens (tertiary/aromatic N) is 4. The third kappa shape index (κ3) is 3.78. The highest BCUT2D eigenvalue weighted by atomic mass is 32.1. The summed E-state index contributed by atoms with van der Waals surface area (Å²) in [7, 11) is 1.68. The lowest BCUT2D eigenvalue weighted by molar-refractivity contribution is 0.120. The summed E-state index contributed by atoms with van der Waals surface area (Å²) in [5.41, 5.74) is 4.25. The predicted octanol–water partition coefficient (Wildman–Crippen LogP) is 1.86. The molecule has 1 fully saturated rings. The van der Waals surface area contributed by atoms with Crippen LogP contribution in [-0.2, 0) is 13.1 Å². The van der Waals surface area contributed by atoms with Crippen LogP contribution in [0.5, 0.6) is 5.88 Å². The van der Waals surface area contributed by atoms with Crippen LogP contribution >= 0.6 is 11.3 Å². The summed E-state index contributed by atoms with van der Waals surface area (Å²) in [4.78, 5) is 13.5. The Bertz CT molecular complexity index is 553. The van der Waals surface area contributed by atoms with Crippen LogP contribution < -0.4 is 4.74 Å². The molecule has 2 aromatic rings. The van der Waals surface area contributed by atoms with Gasteiger partial charge in [-0.15, -0.1) is 11.3 Å². The van der Waals surface area contributed by atoms with Crippen molar-refractivity contribution in [3.8, 4) is 5.88 Å². The second-order valence-electron chi connectivity index (χ2n) is 5.20. The van der Waals surface area contributed by atoms with Gasteiger partial charge in [-0.3, -0.25) is 9.80 Å². The molecule has 3 heterocycles. The number of hydrogen-bond acceptors (Lipinski definition) is 6. The molecule has 0 bridgehead atoms. The summed E-state index contributed by atoms with van der Waals surface area (Å²) in [5, 5.41) is 2.13. The van der Waals surface area contributed by atoms with Crippen molar-refractivity contribution in [2.45, 2.75) is 13.1 Å². The first kappa shape index (κ1) is 14.4. The van der Waals surface area contributed by atoms with Gasteiger partial charge < -0.3 is 4.74 Å². The lowest BCUT2D eigenvalue weighted by Crippen LogP contribution is -2.45. The average molecular weight is 304 g/mol. The number of pyridine rings is 1. The molecule has 2 aromatic heterocycles. The molecule has 6 heteroatoms. The fraction of sp³-hybridized carbons (Fsp3) is 0.467. The maximum atomic E-state index is 5.32. The van der Waals surface area contributed by atoms with Gasteiger partial charge in [0.05, 0.1) is 18.3 Å². The molecule has 1 aliphatic heterocycles. The van der Waals surface area contributed by atoms with Gasteiger partial charge in [-0.05, 0) is 6.07 Å². The number of aromatic nitrogens is 2. The van der Waals surface area contributed by atoms with Gasteiger partial charge in [-0.1, -0.05) is 6.07 Å². The molecule has 0 saturated carbocycles. The van der Waals surface area contributed by atoms with Crippen LogP contribution in [0.1, 0.15) is 11.3 Å². The second kappa shape index (κ2) is 6.98. The molecule has 1 aliphatic rings. The van der Waals surface area contributed by atoms with Gasteiger partial charge in [0.2, 0.25) is 5.88 Å². The SMILES string of the molecule is COc1ncccc1CN1CCN(Cc2cscn2)CC1. The summed E-state index contributed by atoms with van der Waals surface area (Å²) in [5.74, 6) is 0.738. The van der Waals surface area contributed by atoms with Crippen molar-refractivity contribution in [1.82, 2.24) is 19.8 Å². The topological polar surface area (TPSA) is 41.5 Å². The molecule has 0 spiro atoms. The van der Waals surface area contributed by atoms with Crippen LogP contribution in [0.25, 0.3) is 0 Å². The van der Waals surface area contributed by atoms with E-state index >= 15 is 0 Å². The number of rotatable bonds is 5. The fourth-order valence-electron chi connectivity index (χ4n) is 2.62. The number of piperazine rings is 1. The maximum absolute atomic E-state index is 5.32. The monoisotopic (exact) mass is 304 g/mol. The summed E-state index contributed by atoms with van der Waals surface area (Å²) in [6.45, 7) is 6.18. The van der Waals surface area contributed by atoms with Gasteiger partial charge in [0, 0.05) is 56.4 Å². The van der Waals surface area contributed by atoms with Crippen molar-refractivity contribution in [2.75, 3.05) is 33.3 Å². The molecule has 1 saturated heterocycles. The third-order valence-electron chi connectivity index (χ3n) is 3.77. The number of hydrogen-bond donors (Lipinski definition) is 0. The van der Waals surface area contributed by atoms with Gasteiger partial charge in [0.15, 0.2) is 0 Å². The molecule has 21 heavy (non-hydrogen) atoms. The molecule has 0 unspecified atom stereocenters. The molecule has 0 amide bonds. The van der Waals surface area contributed by atoms with Crippen molar-refractivity contribution in [3.05, 3.63) is 40.5 Å². The molecule has 0 aliphatic carbocycles. The maximum Gasteiger partial charge on any atom is 0.217 e. The molecule has 112 valence electrons. The van der Waals surface area contributed by atoms with Crippen molar-refractivity contribution in [2.24, 2.45) is 0 Å². The van der Waals surface area contributed by atoms with Gasteiger partial charge >= 0.3 is 0 Å². The van der Waals surface area contributed by atoms with Crippen LogP contribution in [0.15, 0.2) is 29.2 Å². The minimum absolute atomic E-state index is 0.738. The van der Waals surface area contributed by atoms with E-state index < -0.39 is 0 Å². The van der Waals surface area contributed by atoms with Crippen LogP contribution in [0, 0.1) is 0 Å². The van der Waals surface area contributed by atoms with Crippen molar-refractivity contribution < 1.29 is 4.74 Å². The Kier molecular flexibility index (Phi) is 4.80. The fourth-order valence-corrected chi connectivity index (χ4v) is 3.17. The number of thiazole rings is 1. The predicted molar refractivity (Wildman–Crippen MR) is 83.5 cm³/mol. The van der Waals surface area contributed by atoms with E-state index in [0.717, 1.165) is 50.7 Å². The van der Waals surface area contributed by atoms with Gasteiger partial charge in [0.25, 0.3) is 0 Å². The standard InChI is InChI=1S/C15H20N4OS/c1-20-15-13(3-2-4-16-15)9-18-5-7-19(8-6-18)10-14-11-21-12-17-14/h2-4,11-12H,5-10H2,1H3. The molecule has 0 radical (unpaired) electrons. The zero-order valence-corrected chi connectivity index (χ0v) is 13.1. The van der Waals surface area contributed by atoms with Crippen molar-refractivity contribution >= 4 is 11.3 Å². The first-order chi connectivity index (χ1) is 10.3. The van der Waals surface area contributed by atoms with E-state index in [1.807, 2.05) is 11.6 Å². The number of methoxy groups -OCH3 is 1. The molecule has 0 atom stereocenters. The summed E-state index contributed by atoms with van der Waals surface area (Å²) in [6.07, 6.45) is 1.77. The van der Waals surface area contributed by atoms with E-state index in [-0.39, 0.29) is 0 Å². The van der Waals surface area contributed by atoms with Gasteiger partial charge in [-0.25, -0.2) is 9.97 Å². The Labute approximate surface area is 129 Å². The van der Waals surface area contributed by atoms with E-state index in [1.54, 1.807) is 24.6 Å². The summed E-state index contributed by atoms with van der Waals surface area (Å²) < 4.78 is 5.32. The van der Waals surface area contributed by atoms with Gasteiger partial charge in [0.1, 0.15) is 0 Å². The zero-order chi connectivity index (χ0) is 14.5. The van der Waals surface area contributed by atoms with Crippen molar-refractivity contribution in [3.63, 3.8) is 0 Å².